The van der Waals surface area contributed by atoms with E-state index in [0.29, 0.717) is 17.9 Å². The molecule has 3 N–H and O–H groups in total. The predicted molar refractivity (Wildman–Crippen MR) is 65.8 cm³/mol. The highest BCUT2D eigenvalue weighted by Gasteiger charge is 2.09. The molecule has 0 aliphatic rings. The Morgan fingerprint density at radius 1 is 1.50 bits per heavy atom. The van der Waals surface area contributed by atoms with Crippen molar-refractivity contribution in [3.8, 4) is 0 Å². The topological polar surface area (TPSA) is 112 Å². The summed E-state index contributed by atoms with van der Waals surface area (Å²) in [5.74, 6) is 0.722. The maximum Gasteiger partial charge on any atom is 0.273 e. The molecule has 0 radical (unpaired) electrons. The largest absolute Gasteiger partial charge is 0.398 e. The first-order valence-electron chi connectivity index (χ1n) is 5.18. The van der Waals surface area contributed by atoms with Gasteiger partial charge >= 0.3 is 0 Å². The lowest BCUT2D eigenvalue weighted by Gasteiger charge is -2.06. The third-order valence-electron chi connectivity index (χ3n) is 2.41. The molecule has 8 nitrogen and oxygen atoms in total. The van der Waals surface area contributed by atoms with Crippen LogP contribution in [0.25, 0.3) is 0 Å². The minimum Gasteiger partial charge on any atom is -0.398 e. The van der Waals surface area contributed by atoms with E-state index in [-0.39, 0.29) is 5.69 Å². The highest BCUT2D eigenvalue weighted by molar-refractivity contribution is 5.61. The number of non-ortho nitro benzene ring substituents is 1. The lowest BCUT2D eigenvalue weighted by atomic mass is 10.2. The van der Waals surface area contributed by atoms with E-state index in [4.69, 9.17) is 5.73 Å². The first-order valence-corrected chi connectivity index (χ1v) is 5.18. The second-order valence-electron chi connectivity index (χ2n) is 3.78. The minimum atomic E-state index is -0.482. The predicted octanol–water partition coefficient (Wildman–Crippen LogP) is 0.918. The Morgan fingerprint density at radius 3 is 2.89 bits per heavy atom. The molecule has 0 atom stereocenters. The van der Waals surface area contributed by atoms with Gasteiger partial charge in [-0.2, -0.15) is 0 Å². The molecule has 18 heavy (non-hydrogen) atoms. The van der Waals surface area contributed by atoms with E-state index < -0.39 is 4.92 Å². The standard InChI is InChI=1S/C10H12N6O2/c1-15-6-13-14-10(15)5-12-8-2-7(11)3-9(4-8)16(17)18/h2-4,6,12H,5,11H2,1H3. The molecular formula is C10H12N6O2. The maximum absolute atomic E-state index is 10.7. The molecule has 0 amide bonds. The first kappa shape index (κ1) is 11.8. The number of nitrogens with one attached hydrogen (secondary N) is 1. The first-order chi connectivity index (χ1) is 8.56. The number of nitro benzene ring substituents is 1. The number of hydrogen-bond acceptors (Lipinski definition) is 6. The van der Waals surface area contributed by atoms with Crippen molar-refractivity contribution in [2.45, 2.75) is 6.54 Å². The molecule has 1 aromatic carbocycles. The molecule has 0 fully saturated rings. The van der Waals surface area contributed by atoms with Gasteiger partial charge in [0.15, 0.2) is 5.82 Å². The van der Waals surface area contributed by atoms with Crippen molar-refractivity contribution in [1.29, 1.82) is 0 Å². The SMILES string of the molecule is Cn1cnnc1CNc1cc(N)cc([N+](=O)[O-])c1. The summed E-state index contributed by atoms with van der Waals surface area (Å²) in [6.45, 7) is 0.414. The summed E-state index contributed by atoms with van der Waals surface area (Å²) < 4.78 is 1.76. The van der Waals surface area contributed by atoms with E-state index in [1.54, 1.807) is 17.0 Å². The zero-order valence-corrected chi connectivity index (χ0v) is 9.70. The number of nitrogens with zero attached hydrogens (tertiary/aromatic N) is 4. The lowest BCUT2D eigenvalue weighted by molar-refractivity contribution is -0.384. The van der Waals surface area contributed by atoms with Crippen LogP contribution in [-0.2, 0) is 13.6 Å². The molecule has 0 saturated carbocycles. The molecule has 0 aliphatic carbocycles. The van der Waals surface area contributed by atoms with Crippen LogP contribution in [-0.4, -0.2) is 19.7 Å². The number of nitrogens with two attached hydrogens (primary N) is 1. The Hall–Kier alpha value is -2.64. The van der Waals surface area contributed by atoms with Crippen LogP contribution in [0.2, 0.25) is 0 Å². The summed E-state index contributed by atoms with van der Waals surface area (Å²) in [6.07, 6.45) is 1.58. The molecule has 0 bridgehead atoms. The van der Waals surface area contributed by atoms with Crippen LogP contribution in [0.3, 0.4) is 0 Å². The van der Waals surface area contributed by atoms with Crippen LogP contribution in [0.15, 0.2) is 24.5 Å². The molecule has 94 valence electrons. The molecule has 2 rings (SSSR count). The summed E-state index contributed by atoms with van der Waals surface area (Å²) >= 11 is 0. The average Bonchev–Trinajstić information content (AvgIpc) is 2.71. The number of aromatic nitrogens is 3. The Labute approximate surface area is 103 Å². The molecule has 8 heteroatoms. The van der Waals surface area contributed by atoms with Gasteiger partial charge in [0, 0.05) is 30.6 Å². The van der Waals surface area contributed by atoms with Crippen LogP contribution in [0.5, 0.6) is 0 Å². The van der Waals surface area contributed by atoms with Crippen molar-refractivity contribution in [2.24, 2.45) is 7.05 Å². The fourth-order valence-electron chi connectivity index (χ4n) is 1.49. The number of nitro groups is 1. The molecule has 1 heterocycles. The molecular weight excluding hydrogens is 236 g/mol. The summed E-state index contributed by atoms with van der Waals surface area (Å²) in [5, 5.41) is 21.3. The monoisotopic (exact) mass is 248 g/mol. The van der Waals surface area contributed by atoms with E-state index in [9.17, 15) is 10.1 Å². The van der Waals surface area contributed by atoms with E-state index >= 15 is 0 Å². The number of nitrogen functional groups attached to an aromatic ring is 1. The van der Waals surface area contributed by atoms with Gasteiger partial charge in [-0.05, 0) is 6.07 Å². The van der Waals surface area contributed by atoms with E-state index in [2.05, 4.69) is 15.5 Å². The van der Waals surface area contributed by atoms with E-state index in [1.807, 2.05) is 7.05 Å². The van der Waals surface area contributed by atoms with Crippen molar-refractivity contribution in [1.82, 2.24) is 14.8 Å². The Balaban J connectivity index is 2.14. The number of benzene rings is 1. The summed E-state index contributed by atoms with van der Waals surface area (Å²) in [5.41, 5.74) is 6.46. The Kier molecular flexibility index (Phi) is 3.09. The smallest absolute Gasteiger partial charge is 0.273 e. The van der Waals surface area contributed by atoms with Crippen LogP contribution in [0.4, 0.5) is 17.1 Å². The third-order valence-corrected chi connectivity index (χ3v) is 2.41. The van der Waals surface area contributed by atoms with Crippen LogP contribution < -0.4 is 11.1 Å². The Morgan fingerprint density at radius 2 is 2.28 bits per heavy atom. The highest BCUT2D eigenvalue weighted by Crippen LogP contribution is 2.22. The van der Waals surface area contributed by atoms with Crippen molar-refractivity contribution >= 4 is 17.1 Å². The second kappa shape index (κ2) is 4.70. The van der Waals surface area contributed by atoms with Crippen molar-refractivity contribution in [3.63, 3.8) is 0 Å². The molecule has 1 aromatic heterocycles. The number of anilines is 2. The fraction of sp³-hybridized carbons (Fsp3) is 0.200. The quantitative estimate of drug-likeness (QED) is 0.472. The lowest BCUT2D eigenvalue weighted by Crippen LogP contribution is -2.06. The third kappa shape index (κ3) is 2.54. The van der Waals surface area contributed by atoms with Gasteiger partial charge in [0.25, 0.3) is 5.69 Å². The van der Waals surface area contributed by atoms with E-state index in [1.165, 1.54) is 12.1 Å². The van der Waals surface area contributed by atoms with Crippen LogP contribution in [0.1, 0.15) is 5.82 Å². The summed E-state index contributed by atoms with van der Waals surface area (Å²) in [7, 11) is 1.82. The van der Waals surface area contributed by atoms with Gasteiger partial charge in [-0.15, -0.1) is 10.2 Å². The van der Waals surface area contributed by atoms with Crippen LogP contribution in [0, 0.1) is 10.1 Å². The van der Waals surface area contributed by atoms with Crippen molar-refractivity contribution in [3.05, 3.63) is 40.5 Å². The zero-order chi connectivity index (χ0) is 13.1. The van der Waals surface area contributed by atoms with Gasteiger partial charge in [-0.25, -0.2) is 0 Å². The molecule has 2 aromatic rings. The fourth-order valence-corrected chi connectivity index (χ4v) is 1.49. The highest BCUT2D eigenvalue weighted by atomic mass is 16.6. The number of aryl methyl sites for hydroxylation is 1. The zero-order valence-electron chi connectivity index (χ0n) is 9.70. The van der Waals surface area contributed by atoms with E-state index in [0.717, 1.165) is 5.82 Å². The molecule has 0 spiro atoms. The van der Waals surface area contributed by atoms with Gasteiger partial charge < -0.3 is 15.6 Å². The van der Waals surface area contributed by atoms with Gasteiger partial charge in [-0.3, -0.25) is 10.1 Å². The molecule has 0 unspecified atom stereocenters. The van der Waals surface area contributed by atoms with Crippen molar-refractivity contribution < 1.29 is 4.92 Å². The Bertz CT molecular complexity index is 579. The normalized spacial score (nSPS) is 10.3. The summed E-state index contributed by atoms with van der Waals surface area (Å²) in [4.78, 5) is 10.2. The van der Waals surface area contributed by atoms with Crippen LogP contribution >= 0.6 is 0 Å². The second-order valence-corrected chi connectivity index (χ2v) is 3.78. The number of rotatable bonds is 4. The molecule has 0 saturated heterocycles. The van der Waals surface area contributed by atoms with Gasteiger partial charge in [0.2, 0.25) is 0 Å². The van der Waals surface area contributed by atoms with Gasteiger partial charge in [0.05, 0.1) is 11.5 Å². The molecule has 0 aliphatic heterocycles. The maximum atomic E-state index is 10.7. The average molecular weight is 248 g/mol. The van der Waals surface area contributed by atoms with Gasteiger partial charge in [0.1, 0.15) is 6.33 Å². The van der Waals surface area contributed by atoms with Crippen molar-refractivity contribution in [2.75, 3.05) is 11.1 Å². The summed E-state index contributed by atoms with van der Waals surface area (Å²) in [6, 6.07) is 4.36. The minimum absolute atomic E-state index is 0.0459. The number of hydrogen-bond donors (Lipinski definition) is 2. The van der Waals surface area contributed by atoms with Gasteiger partial charge in [-0.1, -0.05) is 0 Å².